The van der Waals surface area contributed by atoms with Gasteiger partial charge in [-0.25, -0.2) is 4.98 Å². The number of nitrogens with one attached hydrogen (secondary N) is 1. The number of anilines is 1. The van der Waals surface area contributed by atoms with Crippen LogP contribution in [0.2, 0.25) is 0 Å². The van der Waals surface area contributed by atoms with Gasteiger partial charge in [-0.05, 0) is 37.5 Å². The van der Waals surface area contributed by atoms with Crippen LogP contribution in [-0.2, 0) is 6.54 Å². The fourth-order valence-electron chi connectivity index (χ4n) is 3.56. The molecule has 1 amide bonds. The molecule has 1 saturated carbocycles. The van der Waals surface area contributed by atoms with E-state index in [2.05, 4.69) is 10.3 Å². The van der Waals surface area contributed by atoms with Gasteiger partial charge in [0.1, 0.15) is 5.69 Å². The fourth-order valence-corrected chi connectivity index (χ4v) is 3.56. The van der Waals surface area contributed by atoms with Crippen molar-refractivity contribution in [3.05, 3.63) is 59.9 Å². The second kappa shape index (κ2) is 9.37. The second-order valence-corrected chi connectivity index (χ2v) is 7.07. The van der Waals surface area contributed by atoms with Gasteiger partial charge in [0.15, 0.2) is 0 Å². The summed E-state index contributed by atoms with van der Waals surface area (Å²) in [5, 5.41) is 3.58. The molecule has 2 aromatic rings. The van der Waals surface area contributed by atoms with E-state index in [4.69, 9.17) is 0 Å². The summed E-state index contributed by atoms with van der Waals surface area (Å²) in [6.07, 6.45) is 9.53. The van der Waals surface area contributed by atoms with Crippen LogP contribution < -0.4 is 5.32 Å². The van der Waals surface area contributed by atoms with E-state index in [1.165, 1.54) is 38.5 Å². The molecule has 3 rings (SSSR count). The van der Waals surface area contributed by atoms with Crippen molar-refractivity contribution in [2.24, 2.45) is 0 Å². The molecule has 0 aliphatic heterocycles. The maximum atomic E-state index is 12.8. The van der Waals surface area contributed by atoms with Gasteiger partial charge in [0.05, 0.1) is 11.9 Å². The van der Waals surface area contributed by atoms with Crippen molar-refractivity contribution in [3.63, 3.8) is 0 Å². The quantitative estimate of drug-likeness (QED) is 0.755. The van der Waals surface area contributed by atoms with Gasteiger partial charge in [0.2, 0.25) is 0 Å². The van der Waals surface area contributed by atoms with Gasteiger partial charge in [-0.3, -0.25) is 4.79 Å². The lowest BCUT2D eigenvalue weighted by Gasteiger charge is -2.21. The van der Waals surface area contributed by atoms with Crippen LogP contribution >= 0.6 is 0 Å². The number of rotatable bonds is 6. The predicted octanol–water partition coefficient (Wildman–Crippen LogP) is 4.88. The average molecular weight is 351 g/mol. The van der Waals surface area contributed by atoms with Crippen LogP contribution in [0.5, 0.6) is 0 Å². The molecule has 1 aliphatic carbocycles. The number of pyridine rings is 1. The molecule has 1 aliphatic rings. The van der Waals surface area contributed by atoms with Gasteiger partial charge in [-0.1, -0.05) is 56.0 Å². The summed E-state index contributed by atoms with van der Waals surface area (Å²) in [7, 11) is 0. The number of aromatic nitrogens is 1. The first-order chi connectivity index (χ1) is 12.8. The lowest BCUT2D eigenvalue weighted by Crippen LogP contribution is -2.31. The first-order valence-electron chi connectivity index (χ1n) is 9.82. The van der Waals surface area contributed by atoms with E-state index in [9.17, 15) is 4.79 Å². The van der Waals surface area contributed by atoms with Crippen molar-refractivity contribution < 1.29 is 4.79 Å². The van der Waals surface area contributed by atoms with Crippen LogP contribution in [0.25, 0.3) is 0 Å². The molecule has 1 aromatic heterocycles. The monoisotopic (exact) mass is 351 g/mol. The van der Waals surface area contributed by atoms with Gasteiger partial charge in [0.25, 0.3) is 5.91 Å². The highest BCUT2D eigenvalue weighted by Gasteiger charge is 2.17. The molecule has 0 bridgehead atoms. The molecule has 1 aromatic carbocycles. The summed E-state index contributed by atoms with van der Waals surface area (Å²) in [6.45, 7) is 3.28. The fraction of sp³-hybridized carbons (Fsp3) is 0.455. The highest BCUT2D eigenvalue weighted by atomic mass is 16.2. The summed E-state index contributed by atoms with van der Waals surface area (Å²) >= 11 is 0. The van der Waals surface area contributed by atoms with Crippen LogP contribution in [0.3, 0.4) is 0 Å². The van der Waals surface area contributed by atoms with Crippen molar-refractivity contribution in [2.75, 3.05) is 11.9 Å². The molecule has 0 atom stereocenters. The molecule has 0 radical (unpaired) electrons. The van der Waals surface area contributed by atoms with E-state index in [0.29, 0.717) is 24.8 Å². The molecule has 138 valence electrons. The Bertz CT molecular complexity index is 676. The lowest BCUT2D eigenvalue weighted by molar-refractivity contribution is 0.0746. The second-order valence-electron chi connectivity index (χ2n) is 7.07. The topological polar surface area (TPSA) is 45.2 Å². The third-order valence-corrected chi connectivity index (χ3v) is 5.09. The minimum Gasteiger partial charge on any atom is -0.381 e. The van der Waals surface area contributed by atoms with Gasteiger partial charge in [-0.2, -0.15) is 0 Å². The Kier molecular flexibility index (Phi) is 6.64. The maximum Gasteiger partial charge on any atom is 0.272 e. The first-order valence-corrected chi connectivity index (χ1v) is 9.82. The van der Waals surface area contributed by atoms with E-state index in [1.54, 1.807) is 6.20 Å². The van der Waals surface area contributed by atoms with Gasteiger partial charge in [-0.15, -0.1) is 0 Å². The summed E-state index contributed by atoms with van der Waals surface area (Å²) in [5.74, 6) is -0.0163. The zero-order valence-corrected chi connectivity index (χ0v) is 15.7. The number of benzene rings is 1. The number of hydrogen-bond donors (Lipinski definition) is 1. The number of amides is 1. The minimum absolute atomic E-state index is 0.0163. The molecule has 0 unspecified atom stereocenters. The van der Waals surface area contributed by atoms with E-state index >= 15 is 0 Å². The predicted molar refractivity (Wildman–Crippen MR) is 106 cm³/mol. The van der Waals surface area contributed by atoms with Crippen LogP contribution in [0.4, 0.5) is 5.69 Å². The van der Waals surface area contributed by atoms with E-state index in [1.807, 2.05) is 54.3 Å². The molecule has 4 nitrogen and oxygen atoms in total. The third kappa shape index (κ3) is 5.07. The number of carbonyl (C=O) groups excluding carboxylic acids is 1. The smallest absolute Gasteiger partial charge is 0.272 e. The SMILES string of the molecule is CCN(Cc1ccccc1)C(=O)c1ccc(NC2CCCCCC2)cn1. The van der Waals surface area contributed by atoms with Crippen molar-refractivity contribution in [1.82, 2.24) is 9.88 Å². The highest BCUT2D eigenvalue weighted by Crippen LogP contribution is 2.21. The van der Waals surface area contributed by atoms with E-state index in [0.717, 1.165) is 11.3 Å². The Balaban J connectivity index is 1.61. The number of carbonyl (C=O) groups is 1. The van der Waals surface area contributed by atoms with Crippen molar-refractivity contribution in [1.29, 1.82) is 0 Å². The van der Waals surface area contributed by atoms with Crippen LogP contribution in [-0.4, -0.2) is 28.4 Å². The van der Waals surface area contributed by atoms with Crippen molar-refractivity contribution in [3.8, 4) is 0 Å². The van der Waals surface area contributed by atoms with Crippen molar-refractivity contribution in [2.45, 2.75) is 58.0 Å². The Morgan fingerprint density at radius 1 is 1.08 bits per heavy atom. The van der Waals surface area contributed by atoms with E-state index in [-0.39, 0.29) is 5.91 Å². The number of nitrogens with zero attached hydrogens (tertiary/aromatic N) is 2. The Morgan fingerprint density at radius 2 is 1.81 bits per heavy atom. The number of hydrogen-bond acceptors (Lipinski definition) is 3. The summed E-state index contributed by atoms with van der Waals surface area (Å²) in [5.41, 5.74) is 2.66. The molecule has 26 heavy (non-hydrogen) atoms. The van der Waals surface area contributed by atoms with Crippen LogP contribution in [0, 0.1) is 0 Å². The van der Waals surface area contributed by atoms with E-state index < -0.39 is 0 Å². The van der Waals surface area contributed by atoms with Crippen molar-refractivity contribution >= 4 is 11.6 Å². The standard InChI is InChI=1S/C22H29N3O/c1-2-25(17-18-10-6-5-7-11-18)22(26)21-15-14-20(16-23-21)24-19-12-8-3-4-9-13-19/h5-7,10-11,14-16,19,24H,2-4,8-9,12-13,17H2,1H3. The Labute approximate surface area is 156 Å². The summed E-state index contributed by atoms with van der Waals surface area (Å²) in [4.78, 5) is 19.0. The average Bonchev–Trinajstić information content (AvgIpc) is 2.96. The summed E-state index contributed by atoms with van der Waals surface area (Å²) < 4.78 is 0. The lowest BCUT2D eigenvalue weighted by atomic mass is 10.1. The minimum atomic E-state index is -0.0163. The zero-order valence-electron chi connectivity index (χ0n) is 15.7. The molecular weight excluding hydrogens is 322 g/mol. The molecule has 1 heterocycles. The third-order valence-electron chi connectivity index (χ3n) is 5.09. The Hall–Kier alpha value is -2.36. The highest BCUT2D eigenvalue weighted by molar-refractivity contribution is 5.92. The van der Waals surface area contributed by atoms with Gasteiger partial charge in [0, 0.05) is 19.1 Å². The molecule has 0 saturated heterocycles. The summed E-state index contributed by atoms with van der Waals surface area (Å²) in [6, 6.07) is 14.4. The zero-order chi connectivity index (χ0) is 18.2. The van der Waals surface area contributed by atoms with Gasteiger partial charge >= 0.3 is 0 Å². The molecule has 4 heteroatoms. The Morgan fingerprint density at radius 3 is 2.42 bits per heavy atom. The molecule has 1 N–H and O–H groups in total. The molecule has 0 spiro atoms. The van der Waals surface area contributed by atoms with Crippen LogP contribution in [0.1, 0.15) is 61.5 Å². The van der Waals surface area contributed by atoms with Gasteiger partial charge < -0.3 is 10.2 Å². The molecular formula is C22H29N3O. The maximum absolute atomic E-state index is 12.8. The first kappa shape index (κ1) is 18.4. The van der Waals surface area contributed by atoms with Crippen LogP contribution in [0.15, 0.2) is 48.7 Å². The molecule has 1 fully saturated rings. The normalized spacial score (nSPS) is 15.3. The largest absolute Gasteiger partial charge is 0.381 e.